The molecule has 8 nitrogen and oxygen atoms in total. The predicted octanol–water partition coefficient (Wildman–Crippen LogP) is 3.02. The van der Waals surface area contributed by atoms with E-state index in [0.717, 1.165) is 16.7 Å². The molecule has 4 rings (SSSR count). The fourth-order valence-electron chi connectivity index (χ4n) is 3.89. The van der Waals surface area contributed by atoms with Crippen LogP contribution in [0, 0.1) is 5.82 Å². The Morgan fingerprint density at radius 2 is 1.44 bits per heavy atom. The van der Waals surface area contributed by atoms with E-state index >= 15 is 0 Å². The minimum absolute atomic E-state index is 0.0393. The third-order valence-electron chi connectivity index (χ3n) is 5.42. The highest BCUT2D eigenvalue weighted by atomic mass is 32.2. The summed E-state index contributed by atoms with van der Waals surface area (Å²) in [5, 5.41) is 0. The Labute approximate surface area is 198 Å². The van der Waals surface area contributed by atoms with Crippen LogP contribution in [0.1, 0.15) is 39.9 Å². The van der Waals surface area contributed by atoms with E-state index in [4.69, 9.17) is 16.5 Å². The Morgan fingerprint density at radius 1 is 0.853 bits per heavy atom. The zero-order valence-electron chi connectivity index (χ0n) is 18.0. The van der Waals surface area contributed by atoms with Crippen LogP contribution in [0.4, 0.5) is 16.0 Å². The molecule has 0 radical (unpaired) electrons. The summed E-state index contributed by atoms with van der Waals surface area (Å²) in [6.07, 6.45) is 3.39. The number of aromatic nitrogens is 3. The Hall–Kier alpha value is -3.73. The van der Waals surface area contributed by atoms with E-state index in [9.17, 15) is 13.2 Å². The van der Waals surface area contributed by atoms with Crippen molar-refractivity contribution in [2.75, 3.05) is 11.5 Å². The molecule has 3 aromatic heterocycles. The van der Waals surface area contributed by atoms with Crippen molar-refractivity contribution < 1.29 is 13.2 Å². The van der Waals surface area contributed by atoms with Crippen LogP contribution in [0.2, 0.25) is 0 Å². The van der Waals surface area contributed by atoms with E-state index in [1.807, 2.05) is 24.3 Å². The number of nitrogens with zero attached hydrogens (tertiary/aromatic N) is 3. The summed E-state index contributed by atoms with van der Waals surface area (Å²) in [7, 11) is 0. The Morgan fingerprint density at radius 3 is 1.97 bits per heavy atom. The van der Waals surface area contributed by atoms with Crippen LogP contribution in [0.25, 0.3) is 0 Å². The van der Waals surface area contributed by atoms with Crippen molar-refractivity contribution in [2.45, 2.75) is 18.4 Å². The van der Waals surface area contributed by atoms with E-state index < -0.39 is 11.3 Å². The molecule has 0 saturated heterocycles. The lowest BCUT2D eigenvalue weighted by Gasteiger charge is -2.28. The molecule has 0 fully saturated rings. The van der Waals surface area contributed by atoms with Crippen molar-refractivity contribution in [3.05, 3.63) is 113 Å². The number of nitrogen functional groups attached to an aromatic ring is 2. The SMILES string of the molecule is Nc1ccc(C(c2ccc(N)nc2)C(c2ccc(F)cc2)c2cccc(CNS(=O)[O-])n2)cn1. The van der Waals surface area contributed by atoms with Gasteiger partial charge in [-0.2, -0.15) is 0 Å². The summed E-state index contributed by atoms with van der Waals surface area (Å²) in [5.41, 5.74) is 15.4. The molecule has 0 bridgehead atoms. The standard InChI is InChI=1S/C24H23FN6O2S/c25-18-8-4-15(5-9-18)24(20-3-1-2-19(31-20)14-30-34(32)33)23(16-6-10-21(26)28-12-16)17-7-11-22(27)29-13-17/h1-13,23-24,30H,14H2,(H2,26,28)(H2,27,29)(H,32,33)/p-1. The van der Waals surface area contributed by atoms with Gasteiger partial charge in [0.25, 0.3) is 0 Å². The quantitative estimate of drug-likeness (QED) is 0.331. The highest BCUT2D eigenvalue weighted by molar-refractivity contribution is 7.77. The maximum atomic E-state index is 13.8. The monoisotopic (exact) mass is 477 g/mol. The van der Waals surface area contributed by atoms with Gasteiger partial charge >= 0.3 is 0 Å². The van der Waals surface area contributed by atoms with Gasteiger partial charge in [0, 0.05) is 47.7 Å². The van der Waals surface area contributed by atoms with E-state index in [2.05, 4.69) is 14.7 Å². The third-order valence-corrected chi connectivity index (χ3v) is 5.80. The molecule has 0 spiro atoms. The number of benzene rings is 1. The Balaban J connectivity index is 1.89. The molecule has 0 saturated carbocycles. The van der Waals surface area contributed by atoms with Gasteiger partial charge in [0.05, 0.1) is 5.69 Å². The van der Waals surface area contributed by atoms with Crippen molar-refractivity contribution >= 4 is 22.9 Å². The molecular weight excluding hydrogens is 455 g/mol. The predicted molar refractivity (Wildman–Crippen MR) is 127 cm³/mol. The number of nitrogens with one attached hydrogen (secondary N) is 1. The lowest BCUT2D eigenvalue weighted by molar-refractivity contribution is 0.521. The number of rotatable bonds is 8. The van der Waals surface area contributed by atoms with E-state index in [1.165, 1.54) is 12.1 Å². The fourth-order valence-corrected chi connectivity index (χ4v) is 4.15. The molecule has 0 aliphatic heterocycles. The second kappa shape index (κ2) is 10.5. The molecule has 2 unspecified atom stereocenters. The van der Waals surface area contributed by atoms with Gasteiger partial charge in [-0.05, 0) is 53.1 Å². The van der Waals surface area contributed by atoms with Crippen LogP contribution in [-0.2, 0) is 17.8 Å². The molecule has 2 atom stereocenters. The zero-order chi connectivity index (χ0) is 24.1. The van der Waals surface area contributed by atoms with Crippen LogP contribution in [0.3, 0.4) is 0 Å². The van der Waals surface area contributed by atoms with E-state index in [1.54, 1.807) is 42.7 Å². The summed E-state index contributed by atoms with van der Waals surface area (Å²) in [6.45, 7) is 0.0393. The highest BCUT2D eigenvalue weighted by Crippen LogP contribution is 2.42. The van der Waals surface area contributed by atoms with Crippen LogP contribution < -0.4 is 16.2 Å². The van der Waals surface area contributed by atoms with Crippen molar-refractivity contribution in [3.63, 3.8) is 0 Å². The van der Waals surface area contributed by atoms with Crippen molar-refractivity contribution in [1.29, 1.82) is 0 Å². The first-order valence-electron chi connectivity index (χ1n) is 10.4. The van der Waals surface area contributed by atoms with Gasteiger partial charge in [0.1, 0.15) is 17.5 Å². The number of pyridine rings is 3. The van der Waals surface area contributed by atoms with Gasteiger partial charge in [-0.15, -0.1) is 0 Å². The molecule has 5 N–H and O–H groups in total. The summed E-state index contributed by atoms with van der Waals surface area (Å²) >= 11 is -2.42. The topological polar surface area (TPSA) is 143 Å². The molecule has 4 aromatic rings. The first-order valence-corrected chi connectivity index (χ1v) is 11.4. The lowest BCUT2D eigenvalue weighted by atomic mass is 9.76. The second-order valence-corrected chi connectivity index (χ2v) is 8.41. The summed E-state index contributed by atoms with van der Waals surface area (Å²) in [6, 6.07) is 18.8. The first-order chi connectivity index (χ1) is 16.4. The molecule has 10 heteroatoms. The largest absolute Gasteiger partial charge is 0.760 e. The molecule has 174 valence electrons. The molecular formula is C24H22FN6O2S-. The maximum absolute atomic E-state index is 13.8. The highest BCUT2D eigenvalue weighted by Gasteiger charge is 2.30. The number of anilines is 2. The normalized spacial score (nSPS) is 13.0. The summed E-state index contributed by atoms with van der Waals surface area (Å²) in [5.74, 6) is -0.294. The molecule has 34 heavy (non-hydrogen) atoms. The van der Waals surface area contributed by atoms with Crippen LogP contribution in [-0.4, -0.2) is 23.7 Å². The van der Waals surface area contributed by atoms with Crippen molar-refractivity contribution in [1.82, 2.24) is 19.7 Å². The Bertz CT molecular complexity index is 1220. The number of nitrogens with two attached hydrogens (primary N) is 2. The minimum atomic E-state index is -2.42. The van der Waals surface area contributed by atoms with E-state index in [0.29, 0.717) is 23.0 Å². The van der Waals surface area contributed by atoms with Gasteiger partial charge < -0.3 is 16.0 Å². The first kappa shape index (κ1) is 23.4. The van der Waals surface area contributed by atoms with Gasteiger partial charge in [0.15, 0.2) is 0 Å². The molecule has 3 heterocycles. The smallest absolute Gasteiger partial charge is 0.123 e. The number of hydrogen-bond acceptors (Lipinski definition) is 7. The molecule has 0 aliphatic carbocycles. The molecule has 0 amide bonds. The van der Waals surface area contributed by atoms with Gasteiger partial charge in [0.2, 0.25) is 0 Å². The van der Waals surface area contributed by atoms with E-state index in [-0.39, 0.29) is 24.2 Å². The van der Waals surface area contributed by atoms with Crippen LogP contribution >= 0.6 is 0 Å². The average molecular weight is 478 g/mol. The fraction of sp³-hybridized carbons (Fsp3) is 0.125. The number of halogens is 1. The summed E-state index contributed by atoms with van der Waals surface area (Å²) < 4.78 is 38.1. The maximum Gasteiger partial charge on any atom is 0.123 e. The van der Waals surface area contributed by atoms with Gasteiger partial charge in [-0.25, -0.2) is 19.1 Å². The minimum Gasteiger partial charge on any atom is -0.760 e. The number of hydrogen-bond donors (Lipinski definition) is 3. The molecule has 1 aromatic carbocycles. The average Bonchev–Trinajstić information content (AvgIpc) is 2.84. The van der Waals surface area contributed by atoms with Gasteiger partial charge in [-0.3, -0.25) is 9.19 Å². The van der Waals surface area contributed by atoms with Crippen LogP contribution in [0.5, 0.6) is 0 Å². The van der Waals surface area contributed by atoms with Gasteiger partial charge in [-0.1, -0.05) is 30.3 Å². The lowest BCUT2D eigenvalue weighted by Crippen LogP contribution is -2.19. The van der Waals surface area contributed by atoms with Crippen molar-refractivity contribution in [2.24, 2.45) is 0 Å². The second-order valence-electron chi connectivity index (χ2n) is 7.65. The summed E-state index contributed by atoms with van der Waals surface area (Å²) in [4.78, 5) is 13.3. The zero-order valence-corrected chi connectivity index (χ0v) is 18.8. The molecule has 0 aliphatic rings. The Kier molecular flexibility index (Phi) is 7.21. The van der Waals surface area contributed by atoms with Crippen LogP contribution in [0.15, 0.2) is 79.1 Å². The third kappa shape index (κ3) is 5.60. The van der Waals surface area contributed by atoms with Crippen molar-refractivity contribution in [3.8, 4) is 0 Å².